The van der Waals surface area contributed by atoms with Crippen LogP contribution in [0.4, 0.5) is 31.1 Å². The molecule has 1 aromatic rings. The lowest BCUT2D eigenvalue weighted by molar-refractivity contribution is -0.309. The van der Waals surface area contributed by atoms with Crippen LogP contribution in [0.2, 0.25) is 5.02 Å². The molecule has 0 unspecified atom stereocenters. The zero-order valence-corrected chi connectivity index (χ0v) is 15.3. The topological polar surface area (TPSA) is 75.7 Å². The fraction of sp³-hybridized carbons (Fsp3) is 0.500. The first-order chi connectivity index (χ1) is 12.7. The van der Waals surface area contributed by atoms with Crippen molar-refractivity contribution < 1.29 is 44.3 Å². The molecule has 1 aliphatic rings. The summed E-state index contributed by atoms with van der Waals surface area (Å²) in [6.45, 7) is -0.689. The maximum Gasteiger partial charge on any atom is 0.434 e. The summed E-state index contributed by atoms with van der Waals surface area (Å²) in [6, 6.07) is 5.22. The maximum atomic E-state index is 12.4. The molecule has 0 bridgehead atoms. The molecule has 0 aromatic heterocycles. The third kappa shape index (κ3) is 5.64. The van der Waals surface area contributed by atoms with Gasteiger partial charge in [-0.2, -0.15) is 26.3 Å². The zero-order valence-electron chi connectivity index (χ0n) is 13.7. The van der Waals surface area contributed by atoms with E-state index in [9.17, 15) is 39.6 Å². The molecule has 0 spiro atoms. The number of halogens is 7. The average Bonchev–Trinajstić information content (AvgIpc) is 2.49. The van der Waals surface area contributed by atoms with Gasteiger partial charge in [0.2, 0.25) is 10.0 Å². The van der Waals surface area contributed by atoms with Crippen LogP contribution in [-0.4, -0.2) is 57.5 Å². The van der Waals surface area contributed by atoms with Crippen molar-refractivity contribution in [1.29, 1.82) is 0 Å². The van der Waals surface area contributed by atoms with Crippen LogP contribution in [0.1, 0.15) is 0 Å². The van der Waals surface area contributed by atoms with Crippen LogP contribution in [0.3, 0.4) is 0 Å². The number of hydrogen-bond acceptors (Lipinski definition) is 4. The molecule has 0 radical (unpaired) electrons. The first-order valence-corrected chi connectivity index (χ1v) is 9.40. The average molecular weight is 455 g/mol. The minimum absolute atomic E-state index is 0.0781. The van der Waals surface area contributed by atoms with Gasteiger partial charge in [-0.15, -0.1) is 0 Å². The molecule has 158 valence electrons. The number of nitrogens with zero attached hydrogens (tertiary/aromatic N) is 1. The van der Waals surface area contributed by atoms with E-state index in [1.807, 2.05) is 0 Å². The number of carbonyl (C=O) groups excluding carboxylic acids is 1. The third-order valence-electron chi connectivity index (χ3n) is 3.71. The second-order valence-corrected chi connectivity index (χ2v) is 8.13. The molecular weight excluding hydrogens is 442 g/mol. The van der Waals surface area contributed by atoms with Gasteiger partial charge in [-0.1, -0.05) is 11.6 Å². The molecule has 1 heterocycles. The Bertz CT molecular complexity index is 793. The van der Waals surface area contributed by atoms with Crippen molar-refractivity contribution in [3.05, 3.63) is 29.3 Å². The first kappa shape index (κ1) is 22.6. The second-order valence-electron chi connectivity index (χ2n) is 5.92. The minimum atomic E-state index is -5.80. The number of nitrogens with one attached hydrogen (secondary N) is 1. The molecule has 0 saturated carbocycles. The van der Waals surface area contributed by atoms with E-state index in [-0.39, 0.29) is 24.5 Å². The highest BCUT2D eigenvalue weighted by Gasteiger charge is 2.60. The summed E-state index contributed by atoms with van der Waals surface area (Å²) in [4.78, 5) is 12.0. The van der Waals surface area contributed by atoms with Gasteiger partial charge in [-0.05, 0) is 24.3 Å². The van der Waals surface area contributed by atoms with Crippen LogP contribution in [0, 0.1) is 5.92 Å². The third-order valence-corrected chi connectivity index (χ3v) is 5.41. The van der Waals surface area contributed by atoms with Gasteiger partial charge in [0.25, 0.3) is 6.10 Å². The van der Waals surface area contributed by atoms with Gasteiger partial charge in [0.15, 0.2) is 0 Å². The fourth-order valence-electron chi connectivity index (χ4n) is 2.27. The Morgan fingerprint density at radius 2 is 1.64 bits per heavy atom. The molecule has 0 atom stereocenters. The van der Waals surface area contributed by atoms with Crippen LogP contribution in [0.15, 0.2) is 29.2 Å². The number of likely N-dealkylation sites (tertiary alicyclic amines) is 1. The zero-order chi connectivity index (χ0) is 21.3. The second kappa shape index (κ2) is 7.95. The highest BCUT2D eigenvalue weighted by atomic mass is 35.5. The summed E-state index contributed by atoms with van der Waals surface area (Å²) in [6.07, 6.45) is -17.6. The van der Waals surface area contributed by atoms with Crippen molar-refractivity contribution in [3.8, 4) is 0 Å². The van der Waals surface area contributed by atoms with E-state index in [4.69, 9.17) is 11.6 Å². The number of ether oxygens (including phenoxy) is 1. The lowest BCUT2D eigenvalue weighted by Crippen LogP contribution is -2.56. The van der Waals surface area contributed by atoms with Gasteiger partial charge >= 0.3 is 18.4 Å². The van der Waals surface area contributed by atoms with E-state index >= 15 is 0 Å². The van der Waals surface area contributed by atoms with Crippen molar-refractivity contribution >= 4 is 27.7 Å². The fourth-order valence-corrected chi connectivity index (χ4v) is 3.51. The normalized spacial score (nSPS) is 16.2. The van der Waals surface area contributed by atoms with Gasteiger partial charge in [0.1, 0.15) is 0 Å². The number of benzene rings is 1. The monoisotopic (exact) mass is 454 g/mol. The van der Waals surface area contributed by atoms with Crippen LogP contribution in [0.5, 0.6) is 0 Å². The Labute approximate surface area is 160 Å². The summed E-state index contributed by atoms with van der Waals surface area (Å²) in [7, 11) is -3.88. The number of rotatable bonds is 5. The summed E-state index contributed by atoms with van der Waals surface area (Å²) >= 11 is 5.65. The summed E-state index contributed by atoms with van der Waals surface area (Å²) in [5, 5.41) is 0.322. The Balaban J connectivity index is 1.85. The van der Waals surface area contributed by atoms with Gasteiger partial charge in [-0.25, -0.2) is 17.9 Å². The highest BCUT2D eigenvalue weighted by molar-refractivity contribution is 7.89. The Hall–Kier alpha value is -1.73. The predicted octanol–water partition coefficient (Wildman–Crippen LogP) is 3.18. The minimum Gasteiger partial charge on any atom is -0.426 e. The van der Waals surface area contributed by atoms with Crippen molar-refractivity contribution in [3.63, 3.8) is 0 Å². The van der Waals surface area contributed by atoms with Crippen LogP contribution in [0.25, 0.3) is 0 Å². The van der Waals surface area contributed by atoms with Crippen molar-refractivity contribution in [2.75, 3.05) is 19.6 Å². The quantitative estimate of drug-likeness (QED) is 0.693. The van der Waals surface area contributed by atoms with E-state index in [1.165, 1.54) is 24.3 Å². The number of hydrogen-bond donors (Lipinski definition) is 1. The van der Waals surface area contributed by atoms with Gasteiger partial charge in [0.05, 0.1) is 4.90 Å². The van der Waals surface area contributed by atoms with Crippen LogP contribution in [-0.2, 0) is 14.8 Å². The maximum absolute atomic E-state index is 12.4. The number of amides is 1. The predicted molar refractivity (Wildman–Crippen MR) is 84.1 cm³/mol. The Morgan fingerprint density at radius 3 is 2.11 bits per heavy atom. The van der Waals surface area contributed by atoms with Gasteiger partial charge < -0.3 is 9.64 Å². The SMILES string of the molecule is O=C(OC(C(F)(F)F)C(F)(F)F)N1CC(CNS(=O)(=O)c2ccc(Cl)cc2)C1. The number of carbonyl (C=O) groups is 1. The molecule has 2 rings (SSSR count). The summed E-state index contributed by atoms with van der Waals surface area (Å²) in [5.41, 5.74) is 0. The molecule has 1 aliphatic heterocycles. The number of alkyl halides is 6. The molecule has 14 heteroatoms. The smallest absolute Gasteiger partial charge is 0.426 e. The molecule has 1 fully saturated rings. The van der Waals surface area contributed by atoms with Gasteiger partial charge in [0, 0.05) is 30.6 Å². The molecule has 28 heavy (non-hydrogen) atoms. The highest BCUT2D eigenvalue weighted by Crippen LogP contribution is 2.36. The molecule has 0 aliphatic carbocycles. The summed E-state index contributed by atoms with van der Waals surface area (Å²) in [5.74, 6) is -0.496. The van der Waals surface area contributed by atoms with Crippen molar-refractivity contribution in [2.45, 2.75) is 23.4 Å². The van der Waals surface area contributed by atoms with E-state index in [0.29, 0.717) is 9.92 Å². The van der Waals surface area contributed by atoms with E-state index < -0.39 is 40.5 Å². The summed E-state index contributed by atoms with van der Waals surface area (Å²) < 4.78 is 104. The molecular formula is C14H13ClF6N2O4S. The van der Waals surface area contributed by atoms with E-state index in [2.05, 4.69) is 9.46 Å². The standard InChI is InChI=1S/C14H13ClF6N2O4S/c15-9-1-3-10(4-2-9)28(25,26)22-5-8-6-23(7-8)12(24)27-11(13(16,17)18)14(19,20)21/h1-4,8,11,22H,5-7H2. The molecule has 6 nitrogen and oxygen atoms in total. The Kier molecular flexibility index (Phi) is 6.40. The lowest BCUT2D eigenvalue weighted by atomic mass is 10.0. The molecule has 1 amide bonds. The number of sulfonamides is 1. The molecule has 1 aromatic carbocycles. The lowest BCUT2D eigenvalue weighted by Gasteiger charge is -2.39. The Morgan fingerprint density at radius 1 is 1.14 bits per heavy atom. The van der Waals surface area contributed by atoms with E-state index in [0.717, 1.165) is 0 Å². The molecule has 1 saturated heterocycles. The van der Waals surface area contributed by atoms with Gasteiger partial charge in [-0.3, -0.25) is 0 Å². The van der Waals surface area contributed by atoms with E-state index in [1.54, 1.807) is 0 Å². The van der Waals surface area contributed by atoms with Crippen molar-refractivity contribution in [2.24, 2.45) is 5.92 Å². The largest absolute Gasteiger partial charge is 0.434 e. The molecule has 1 N–H and O–H groups in total. The van der Waals surface area contributed by atoms with Crippen LogP contribution < -0.4 is 4.72 Å². The van der Waals surface area contributed by atoms with Crippen LogP contribution >= 0.6 is 11.6 Å². The van der Waals surface area contributed by atoms with Crippen molar-refractivity contribution in [1.82, 2.24) is 9.62 Å². The first-order valence-electron chi connectivity index (χ1n) is 7.54.